The van der Waals surface area contributed by atoms with Crippen LogP contribution in [0.15, 0.2) is 46.9 Å². The second kappa shape index (κ2) is 9.44. The molecule has 0 aromatic heterocycles. The second-order valence-corrected chi connectivity index (χ2v) is 9.12. The van der Waals surface area contributed by atoms with Gasteiger partial charge in [-0.25, -0.2) is 0 Å². The number of rotatable bonds is 7. The van der Waals surface area contributed by atoms with Crippen molar-refractivity contribution in [2.24, 2.45) is 0 Å². The minimum absolute atomic E-state index is 0.0260. The lowest BCUT2D eigenvalue weighted by Gasteiger charge is -2.21. The summed E-state index contributed by atoms with van der Waals surface area (Å²) >= 11 is 3.52. The molecule has 0 saturated heterocycles. The van der Waals surface area contributed by atoms with E-state index in [1.165, 1.54) is 5.56 Å². The number of carbonyl (C=O) groups is 2. The van der Waals surface area contributed by atoms with Crippen molar-refractivity contribution in [2.75, 3.05) is 5.32 Å². The summed E-state index contributed by atoms with van der Waals surface area (Å²) in [6, 6.07) is 13.1. The third-order valence-electron chi connectivity index (χ3n) is 4.70. The number of carboxylic acid groups (broad SMARTS) is 1. The first kappa shape index (κ1) is 22.9. The molecular formula is C23H28BrNO4. The van der Waals surface area contributed by atoms with E-state index in [0.717, 1.165) is 10.0 Å². The van der Waals surface area contributed by atoms with Crippen molar-refractivity contribution in [3.63, 3.8) is 0 Å². The molecule has 2 aromatic rings. The topological polar surface area (TPSA) is 75.6 Å². The Balaban J connectivity index is 1.99. The number of nitrogens with one attached hydrogen (secondary N) is 1. The van der Waals surface area contributed by atoms with Crippen LogP contribution in [-0.4, -0.2) is 23.1 Å². The Bertz CT molecular complexity index is 871. The van der Waals surface area contributed by atoms with E-state index in [4.69, 9.17) is 9.84 Å². The Morgan fingerprint density at radius 2 is 1.72 bits per heavy atom. The van der Waals surface area contributed by atoms with Crippen molar-refractivity contribution in [3.05, 3.63) is 58.1 Å². The number of hydrogen-bond donors (Lipinski definition) is 2. The molecule has 0 aliphatic carbocycles. The van der Waals surface area contributed by atoms with Gasteiger partial charge in [0.25, 0.3) is 5.91 Å². The van der Waals surface area contributed by atoms with Gasteiger partial charge in [0, 0.05) is 5.69 Å². The monoisotopic (exact) mass is 461 g/mol. The van der Waals surface area contributed by atoms with Crippen molar-refractivity contribution in [3.8, 4) is 5.75 Å². The number of carbonyl (C=O) groups excluding carboxylic acids is 1. The summed E-state index contributed by atoms with van der Waals surface area (Å²) in [6.45, 7) is 9.97. The lowest BCUT2D eigenvalue weighted by Crippen LogP contribution is -2.30. The summed E-state index contributed by atoms with van der Waals surface area (Å²) < 4.78 is 6.64. The van der Waals surface area contributed by atoms with Gasteiger partial charge in [0.05, 0.1) is 10.9 Å². The van der Waals surface area contributed by atoms with E-state index >= 15 is 0 Å². The molecule has 0 aliphatic heterocycles. The van der Waals surface area contributed by atoms with Gasteiger partial charge in [-0.1, -0.05) is 45.9 Å². The fourth-order valence-electron chi connectivity index (χ4n) is 2.83. The molecular weight excluding hydrogens is 434 g/mol. The summed E-state index contributed by atoms with van der Waals surface area (Å²) in [6.07, 6.45) is -0.614. The Morgan fingerprint density at radius 3 is 2.24 bits per heavy atom. The first-order chi connectivity index (χ1) is 13.5. The molecule has 0 aliphatic rings. The summed E-state index contributed by atoms with van der Waals surface area (Å²) in [5.41, 5.74) is 2.75. The number of benzene rings is 2. The Labute approximate surface area is 180 Å². The van der Waals surface area contributed by atoms with E-state index in [1.807, 2.05) is 37.3 Å². The van der Waals surface area contributed by atoms with Crippen LogP contribution in [0.4, 0.5) is 5.69 Å². The van der Waals surface area contributed by atoms with Crippen LogP contribution in [0.2, 0.25) is 0 Å². The number of ether oxygens (including phenoxy) is 1. The van der Waals surface area contributed by atoms with Crippen LogP contribution in [-0.2, 0) is 15.0 Å². The molecule has 1 amide bonds. The second-order valence-electron chi connectivity index (χ2n) is 8.27. The van der Waals surface area contributed by atoms with E-state index < -0.39 is 12.1 Å². The van der Waals surface area contributed by atoms with Gasteiger partial charge in [0.1, 0.15) is 5.75 Å². The molecule has 2 aromatic carbocycles. The van der Waals surface area contributed by atoms with Gasteiger partial charge in [-0.05, 0) is 69.6 Å². The lowest BCUT2D eigenvalue weighted by atomic mass is 9.87. The van der Waals surface area contributed by atoms with Crippen molar-refractivity contribution in [1.82, 2.24) is 0 Å². The fourth-order valence-corrected chi connectivity index (χ4v) is 3.30. The molecule has 2 atom stereocenters. The summed E-state index contributed by atoms with van der Waals surface area (Å²) in [7, 11) is 0. The van der Waals surface area contributed by atoms with E-state index in [0.29, 0.717) is 11.4 Å². The average Bonchev–Trinajstić information content (AvgIpc) is 2.62. The number of anilines is 1. The van der Waals surface area contributed by atoms with Gasteiger partial charge in [-0.2, -0.15) is 0 Å². The van der Waals surface area contributed by atoms with Crippen molar-refractivity contribution in [2.45, 2.75) is 58.5 Å². The highest BCUT2D eigenvalue weighted by Crippen LogP contribution is 2.32. The van der Waals surface area contributed by atoms with Crippen LogP contribution >= 0.6 is 15.9 Å². The number of amides is 1. The minimum Gasteiger partial charge on any atom is -0.481 e. The molecule has 6 heteroatoms. The van der Waals surface area contributed by atoms with Crippen LogP contribution < -0.4 is 10.1 Å². The Morgan fingerprint density at radius 1 is 1.10 bits per heavy atom. The van der Waals surface area contributed by atoms with E-state index in [2.05, 4.69) is 42.0 Å². The van der Waals surface area contributed by atoms with Gasteiger partial charge in [-0.3, -0.25) is 9.59 Å². The van der Waals surface area contributed by atoms with Crippen LogP contribution in [0.1, 0.15) is 58.1 Å². The summed E-state index contributed by atoms with van der Waals surface area (Å²) in [5.74, 6) is -0.572. The molecule has 2 rings (SSSR count). The molecule has 0 spiro atoms. The molecule has 0 heterocycles. The standard InChI is InChI=1S/C23H28BrNO4/c1-14(12-21(26)27)16-6-9-18(10-7-16)25-22(28)15(2)29-20-11-8-17(13-19(20)24)23(3,4)5/h6-11,13-15H,12H2,1-5H3,(H,25,28)(H,26,27). The molecule has 5 nitrogen and oxygen atoms in total. The van der Waals surface area contributed by atoms with Gasteiger partial charge >= 0.3 is 5.97 Å². The largest absolute Gasteiger partial charge is 0.481 e. The maximum absolute atomic E-state index is 12.5. The van der Waals surface area contributed by atoms with E-state index in [1.54, 1.807) is 19.1 Å². The SMILES string of the molecule is CC(Oc1ccc(C(C)(C)C)cc1Br)C(=O)Nc1ccc(C(C)CC(=O)O)cc1. The first-order valence-electron chi connectivity index (χ1n) is 9.56. The third kappa shape index (κ3) is 6.60. The number of hydrogen-bond acceptors (Lipinski definition) is 3. The third-order valence-corrected chi connectivity index (χ3v) is 5.32. The van der Waals surface area contributed by atoms with Gasteiger partial charge in [0.2, 0.25) is 0 Å². The highest BCUT2D eigenvalue weighted by molar-refractivity contribution is 9.10. The molecule has 0 radical (unpaired) electrons. The molecule has 0 saturated carbocycles. The van der Waals surface area contributed by atoms with Crippen molar-refractivity contribution >= 4 is 33.5 Å². The van der Waals surface area contributed by atoms with Gasteiger partial charge in [0.15, 0.2) is 6.10 Å². The van der Waals surface area contributed by atoms with Crippen LogP contribution in [0, 0.1) is 0 Å². The van der Waals surface area contributed by atoms with E-state index in [-0.39, 0.29) is 23.7 Å². The summed E-state index contributed by atoms with van der Waals surface area (Å²) in [5, 5.41) is 11.7. The predicted molar refractivity (Wildman–Crippen MR) is 119 cm³/mol. The van der Waals surface area contributed by atoms with Crippen molar-refractivity contribution < 1.29 is 19.4 Å². The Hall–Kier alpha value is -2.34. The molecule has 156 valence electrons. The minimum atomic E-state index is -0.831. The summed E-state index contributed by atoms with van der Waals surface area (Å²) in [4.78, 5) is 23.3. The first-order valence-corrected chi connectivity index (χ1v) is 10.4. The number of carboxylic acids is 1. The highest BCUT2D eigenvalue weighted by atomic mass is 79.9. The highest BCUT2D eigenvalue weighted by Gasteiger charge is 2.19. The average molecular weight is 462 g/mol. The molecule has 0 bridgehead atoms. The normalized spacial score (nSPS) is 13.4. The maximum Gasteiger partial charge on any atom is 0.303 e. The molecule has 0 fully saturated rings. The van der Waals surface area contributed by atoms with Crippen LogP contribution in [0.25, 0.3) is 0 Å². The fraction of sp³-hybridized carbons (Fsp3) is 0.391. The zero-order valence-corrected chi connectivity index (χ0v) is 19.0. The van der Waals surface area contributed by atoms with Crippen LogP contribution in [0.3, 0.4) is 0 Å². The number of aliphatic carboxylic acids is 1. The maximum atomic E-state index is 12.5. The number of halogens is 1. The van der Waals surface area contributed by atoms with Gasteiger partial charge in [-0.15, -0.1) is 0 Å². The predicted octanol–water partition coefficient (Wildman–Crippen LogP) is 5.73. The quantitative estimate of drug-likeness (QED) is 0.551. The zero-order chi connectivity index (χ0) is 21.8. The smallest absolute Gasteiger partial charge is 0.303 e. The molecule has 29 heavy (non-hydrogen) atoms. The zero-order valence-electron chi connectivity index (χ0n) is 17.5. The molecule has 2 unspecified atom stereocenters. The Kier molecular flexibility index (Phi) is 7.47. The lowest BCUT2D eigenvalue weighted by molar-refractivity contribution is -0.137. The molecule has 2 N–H and O–H groups in total. The van der Waals surface area contributed by atoms with Gasteiger partial charge < -0.3 is 15.2 Å². The van der Waals surface area contributed by atoms with Crippen molar-refractivity contribution in [1.29, 1.82) is 0 Å². The van der Waals surface area contributed by atoms with E-state index in [9.17, 15) is 9.59 Å². The van der Waals surface area contributed by atoms with Crippen LogP contribution in [0.5, 0.6) is 5.75 Å².